The van der Waals surface area contributed by atoms with Crippen LogP contribution in [0.15, 0.2) is 48.0 Å². The number of amides is 1. The number of nitrogens with zero attached hydrogens (tertiary/aromatic N) is 3. The molecule has 2 aromatic rings. The lowest BCUT2D eigenvalue weighted by Crippen LogP contribution is -2.39. The fraction of sp³-hybridized carbons (Fsp3) is 0.409. The maximum absolute atomic E-state index is 12.9. The van der Waals surface area contributed by atoms with E-state index in [1.54, 1.807) is 19.1 Å². The van der Waals surface area contributed by atoms with E-state index in [-0.39, 0.29) is 17.0 Å². The number of rotatable bonds is 7. The van der Waals surface area contributed by atoms with Gasteiger partial charge in [0.1, 0.15) is 11.3 Å². The highest BCUT2D eigenvalue weighted by Crippen LogP contribution is 2.33. The van der Waals surface area contributed by atoms with Crippen LogP contribution in [0.3, 0.4) is 0 Å². The summed E-state index contributed by atoms with van der Waals surface area (Å²) in [5.41, 5.74) is 0.0860. The minimum Gasteiger partial charge on any atom is -0.438 e. The largest absolute Gasteiger partial charge is 0.438 e. The second-order valence-electron chi connectivity index (χ2n) is 8.29. The molecule has 2 heterocycles. The highest BCUT2D eigenvalue weighted by Gasteiger charge is 2.34. The van der Waals surface area contributed by atoms with Crippen molar-refractivity contribution in [2.24, 2.45) is 0 Å². The van der Waals surface area contributed by atoms with Crippen LogP contribution >= 0.6 is 0 Å². The average molecular weight is 445 g/mol. The second kappa shape index (κ2) is 9.05. The molecule has 1 N–H and O–H groups in total. The van der Waals surface area contributed by atoms with Crippen LogP contribution in [-0.4, -0.2) is 48.7 Å². The summed E-state index contributed by atoms with van der Waals surface area (Å²) in [7, 11) is -3.28. The normalized spacial score (nSPS) is 17.0. The van der Waals surface area contributed by atoms with Gasteiger partial charge >= 0.3 is 0 Å². The average Bonchev–Trinajstić information content (AvgIpc) is 3.05. The molecule has 1 aliphatic heterocycles. The molecule has 1 unspecified atom stereocenters. The Labute approximate surface area is 183 Å². The van der Waals surface area contributed by atoms with Gasteiger partial charge in [0.15, 0.2) is 9.84 Å². The molecule has 1 amide bonds. The third-order valence-electron chi connectivity index (χ3n) is 5.06. The van der Waals surface area contributed by atoms with E-state index >= 15 is 0 Å². The molecule has 0 saturated carbocycles. The van der Waals surface area contributed by atoms with E-state index in [0.717, 1.165) is 31.1 Å². The van der Waals surface area contributed by atoms with E-state index in [1.807, 2.05) is 18.2 Å². The molecule has 1 saturated heterocycles. The number of aromatic nitrogens is 2. The minimum absolute atomic E-state index is 0.0846. The topological polar surface area (TPSA) is 101 Å². The summed E-state index contributed by atoms with van der Waals surface area (Å²) < 4.78 is 28.6. The summed E-state index contributed by atoms with van der Waals surface area (Å²) in [6.07, 6.45) is 6.02. The van der Waals surface area contributed by atoms with Gasteiger partial charge in [0.2, 0.25) is 11.8 Å². The van der Waals surface area contributed by atoms with Gasteiger partial charge in [-0.1, -0.05) is 24.3 Å². The van der Waals surface area contributed by atoms with E-state index in [1.165, 1.54) is 12.3 Å². The molecular formula is C22H28N4O4S. The number of carbonyl (C=O) groups is 1. The molecule has 166 valence electrons. The Morgan fingerprint density at radius 2 is 2.00 bits per heavy atom. The standard InChI is InChI=1S/C22H28N4O4S/c1-16(11-14-31(4,28)29)24-19(27)18-15-23-21(26-13-8-12-22(26,2)3)25-20(18)30-17-9-6-5-7-10-17/h5-7,9-11,14-16H,8,12-13H2,1-4H3,(H,24,27). The van der Waals surface area contributed by atoms with Crippen LogP contribution in [0.2, 0.25) is 0 Å². The first kappa shape index (κ1) is 22.7. The maximum Gasteiger partial charge on any atom is 0.258 e. The fourth-order valence-electron chi connectivity index (χ4n) is 3.39. The number of benzene rings is 1. The van der Waals surface area contributed by atoms with Crippen LogP contribution in [0.5, 0.6) is 11.6 Å². The van der Waals surface area contributed by atoms with Gasteiger partial charge in [-0.05, 0) is 45.7 Å². The van der Waals surface area contributed by atoms with Crippen LogP contribution in [0.25, 0.3) is 0 Å². The van der Waals surface area contributed by atoms with Crippen LogP contribution in [0.4, 0.5) is 5.95 Å². The third-order valence-corrected chi connectivity index (χ3v) is 5.71. The van der Waals surface area contributed by atoms with Crippen molar-refractivity contribution in [3.05, 3.63) is 53.6 Å². The number of para-hydroxylation sites is 1. The second-order valence-corrected chi connectivity index (χ2v) is 10.2. The van der Waals surface area contributed by atoms with E-state index in [0.29, 0.717) is 11.7 Å². The van der Waals surface area contributed by atoms with Crippen molar-refractivity contribution in [2.75, 3.05) is 17.7 Å². The summed E-state index contributed by atoms with van der Waals surface area (Å²) in [6, 6.07) is 8.58. The van der Waals surface area contributed by atoms with Crippen molar-refractivity contribution in [2.45, 2.75) is 45.2 Å². The number of nitrogens with one attached hydrogen (secondary N) is 1. The van der Waals surface area contributed by atoms with Crippen molar-refractivity contribution in [3.8, 4) is 11.6 Å². The molecule has 1 aliphatic rings. The first-order chi connectivity index (χ1) is 14.5. The van der Waals surface area contributed by atoms with Gasteiger partial charge < -0.3 is 15.0 Å². The number of anilines is 1. The van der Waals surface area contributed by atoms with Gasteiger partial charge in [-0.25, -0.2) is 13.4 Å². The van der Waals surface area contributed by atoms with Crippen molar-refractivity contribution in [3.63, 3.8) is 0 Å². The van der Waals surface area contributed by atoms with Crippen molar-refractivity contribution < 1.29 is 17.9 Å². The van der Waals surface area contributed by atoms with Crippen molar-refractivity contribution in [1.29, 1.82) is 0 Å². The van der Waals surface area contributed by atoms with Gasteiger partial charge in [0.05, 0.1) is 0 Å². The van der Waals surface area contributed by atoms with Crippen LogP contribution in [0.1, 0.15) is 44.0 Å². The van der Waals surface area contributed by atoms with Crippen LogP contribution in [0, 0.1) is 0 Å². The first-order valence-corrected chi connectivity index (χ1v) is 12.1. The van der Waals surface area contributed by atoms with Gasteiger partial charge in [0, 0.05) is 36.0 Å². The summed E-state index contributed by atoms with van der Waals surface area (Å²) >= 11 is 0. The Kier molecular flexibility index (Phi) is 6.64. The number of hydrogen-bond acceptors (Lipinski definition) is 7. The lowest BCUT2D eigenvalue weighted by molar-refractivity contribution is 0.0943. The van der Waals surface area contributed by atoms with Crippen molar-refractivity contribution in [1.82, 2.24) is 15.3 Å². The smallest absolute Gasteiger partial charge is 0.258 e. The van der Waals surface area contributed by atoms with Gasteiger partial charge in [0.25, 0.3) is 5.91 Å². The highest BCUT2D eigenvalue weighted by atomic mass is 32.2. The molecule has 1 aromatic heterocycles. The molecule has 3 rings (SSSR count). The third kappa shape index (κ3) is 6.04. The van der Waals surface area contributed by atoms with E-state index in [9.17, 15) is 13.2 Å². The highest BCUT2D eigenvalue weighted by molar-refractivity contribution is 7.93. The Morgan fingerprint density at radius 1 is 1.29 bits per heavy atom. The molecule has 0 radical (unpaired) electrons. The predicted molar refractivity (Wildman–Crippen MR) is 120 cm³/mol. The maximum atomic E-state index is 12.9. The monoisotopic (exact) mass is 444 g/mol. The number of hydrogen-bond donors (Lipinski definition) is 1. The number of ether oxygens (including phenoxy) is 1. The molecule has 8 nitrogen and oxygen atoms in total. The van der Waals surface area contributed by atoms with Crippen molar-refractivity contribution >= 4 is 21.7 Å². The molecule has 9 heteroatoms. The molecule has 1 aromatic carbocycles. The van der Waals surface area contributed by atoms with E-state index < -0.39 is 21.8 Å². The molecule has 31 heavy (non-hydrogen) atoms. The molecule has 0 aliphatic carbocycles. The zero-order chi connectivity index (χ0) is 22.6. The van der Waals surface area contributed by atoms with Crippen LogP contribution in [-0.2, 0) is 9.84 Å². The Balaban J connectivity index is 1.91. The first-order valence-electron chi connectivity index (χ1n) is 10.1. The van der Waals surface area contributed by atoms with E-state index in [4.69, 9.17) is 4.74 Å². The Morgan fingerprint density at radius 3 is 2.61 bits per heavy atom. The Bertz CT molecular complexity index is 1070. The molecule has 0 bridgehead atoms. The predicted octanol–water partition coefficient (Wildman–Crippen LogP) is 3.32. The van der Waals surface area contributed by atoms with Gasteiger partial charge in [-0.3, -0.25) is 4.79 Å². The summed E-state index contributed by atoms with van der Waals surface area (Å²) in [6.45, 7) is 6.78. The number of carbonyl (C=O) groups excluding carboxylic acids is 1. The Hall–Kier alpha value is -2.94. The summed E-state index contributed by atoms with van der Waals surface area (Å²) in [5.74, 6) is 0.751. The lowest BCUT2D eigenvalue weighted by Gasteiger charge is -2.31. The summed E-state index contributed by atoms with van der Waals surface area (Å²) in [4.78, 5) is 24.0. The van der Waals surface area contributed by atoms with Gasteiger partial charge in [-0.2, -0.15) is 4.98 Å². The fourth-order valence-corrected chi connectivity index (χ4v) is 3.91. The van der Waals surface area contributed by atoms with Gasteiger partial charge in [-0.15, -0.1) is 0 Å². The SMILES string of the molecule is CC(C=CS(C)(=O)=O)NC(=O)c1cnc(N2CCCC2(C)C)nc1Oc1ccccc1. The molecule has 1 fully saturated rings. The molecule has 0 spiro atoms. The lowest BCUT2D eigenvalue weighted by atomic mass is 10.0. The minimum atomic E-state index is -3.28. The quantitative estimate of drug-likeness (QED) is 0.699. The molecule has 1 atom stereocenters. The van der Waals surface area contributed by atoms with E-state index in [2.05, 4.69) is 34.0 Å². The molecular weight excluding hydrogens is 416 g/mol. The zero-order valence-electron chi connectivity index (χ0n) is 18.2. The zero-order valence-corrected chi connectivity index (χ0v) is 19.0. The number of sulfone groups is 1. The summed E-state index contributed by atoms with van der Waals surface area (Å²) in [5, 5.41) is 3.80. The van der Waals surface area contributed by atoms with Crippen LogP contribution < -0.4 is 15.0 Å².